The minimum atomic E-state index is -0.298. The van der Waals surface area contributed by atoms with Gasteiger partial charge in [-0.2, -0.15) is 0 Å². The fourth-order valence-electron chi connectivity index (χ4n) is 4.56. The van der Waals surface area contributed by atoms with Crippen LogP contribution in [-0.4, -0.2) is 71.3 Å². The molecule has 4 rings (SSSR count). The summed E-state index contributed by atoms with van der Waals surface area (Å²) < 4.78 is 0.343. The fourth-order valence-corrected chi connectivity index (χ4v) is 4.56. The van der Waals surface area contributed by atoms with E-state index in [1.54, 1.807) is 4.90 Å². The Balaban J connectivity index is 1.50. The van der Waals surface area contributed by atoms with E-state index in [4.69, 9.17) is 0 Å². The quantitative estimate of drug-likeness (QED) is 0.430. The lowest BCUT2D eigenvalue weighted by atomic mass is 10.0. The summed E-state index contributed by atoms with van der Waals surface area (Å²) in [5, 5.41) is 3.23. The second-order valence-electron chi connectivity index (χ2n) is 6.88. The normalized spacial score (nSPS) is 44.1. The summed E-state index contributed by atoms with van der Waals surface area (Å²) in [6.45, 7) is 2.38. The van der Waals surface area contributed by atoms with Gasteiger partial charge in [-0.1, -0.05) is 0 Å². The topological polar surface area (TPSA) is 66.5 Å². The third-order valence-corrected chi connectivity index (χ3v) is 5.88. The molecule has 0 aromatic heterocycles. The molecule has 6 heteroatoms. The van der Waals surface area contributed by atoms with E-state index in [1.165, 1.54) is 0 Å². The number of amides is 2. The largest absolute Gasteiger partial charge is 0.337 e. The summed E-state index contributed by atoms with van der Waals surface area (Å²) in [5.41, 5.74) is 0. The lowest BCUT2D eigenvalue weighted by Crippen LogP contribution is -2.61. The van der Waals surface area contributed by atoms with E-state index < -0.39 is 0 Å². The molecule has 4 aliphatic rings. The number of rotatable bonds is 3. The van der Waals surface area contributed by atoms with Gasteiger partial charge in [0.2, 0.25) is 5.91 Å². The zero-order valence-electron chi connectivity index (χ0n) is 12.2. The van der Waals surface area contributed by atoms with Crippen LogP contribution in [0.4, 0.5) is 0 Å². The van der Waals surface area contributed by atoms with Gasteiger partial charge in [-0.3, -0.25) is 9.59 Å². The number of quaternary nitrogens is 1. The van der Waals surface area contributed by atoms with Crippen molar-refractivity contribution in [2.75, 3.05) is 19.6 Å². The molecule has 0 aromatic carbocycles. The Bertz CT molecular complexity index is 502. The summed E-state index contributed by atoms with van der Waals surface area (Å²) in [5.74, 6) is 0.204. The van der Waals surface area contributed by atoms with Gasteiger partial charge in [0, 0.05) is 6.54 Å². The molecular formula is C15H22N3O3+. The average Bonchev–Trinajstić information content (AvgIpc) is 2.96. The van der Waals surface area contributed by atoms with Gasteiger partial charge in [0.15, 0.2) is 18.4 Å². The number of hydrogen-bond donors (Lipinski definition) is 1. The van der Waals surface area contributed by atoms with Crippen LogP contribution in [0, 0.1) is 0 Å². The summed E-state index contributed by atoms with van der Waals surface area (Å²) in [4.78, 5) is 38.4. The second-order valence-corrected chi connectivity index (χ2v) is 6.88. The highest BCUT2D eigenvalue weighted by Crippen LogP contribution is 2.50. The van der Waals surface area contributed by atoms with Gasteiger partial charge in [0.1, 0.15) is 12.6 Å². The van der Waals surface area contributed by atoms with Gasteiger partial charge in [-0.25, -0.2) is 9.28 Å². The number of likely N-dealkylation sites (tertiary alicyclic amines) is 1. The number of aldehydes is 1. The van der Waals surface area contributed by atoms with Gasteiger partial charge >= 0.3 is 5.91 Å². The Morgan fingerprint density at radius 3 is 2.71 bits per heavy atom. The van der Waals surface area contributed by atoms with Crippen molar-refractivity contribution >= 4 is 18.1 Å². The van der Waals surface area contributed by atoms with Gasteiger partial charge in [0.25, 0.3) is 0 Å². The van der Waals surface area contributed by atoms with Gasteiger partial charge < -0.3 is 10.2 Å². The first kappa shape index (κ1) is 13.4. The van der Waals surface area contributed by atoms with Crippen LogP contribution in [0.3, 0.4) is 0 Å². The number of carbonyl (C=O) groups is 3. The van der Waals surface area contributed by atoms with Crippen molar-refractivity contribution in [1.29, 1.82) is 0 Å². The molecule has 4 aliphatic heterocycles. The highest BCUT2D eigenvalue weighted by atomic mass is 16.2. The molecule has 0 spiro atoms. The molecule has 1 N–H and O–H groups in total. The third kappa shape index (κ3) is 1.75. The maximum atomic E-state index is 12.9. The molecule has 114 valence electrons. The van der Waals surface area contributed by atoms with Crippen LogP contribution in [0.5, 0.6) is 0 Å². The maximum absolute atomic E-state index is 12.9. The number of nitrogens with zero attached hydrogens (tertiary/aromatic N) is 2. The van der Waals surface area contributed by atoms with E-state index in [1.807, 2.05) is 0 Å². The van der Waals surface area contributed by atoms with Gasteiger partial charge in [-0.05, 0) is 32.2 Å². The minimum absolute atomic E-state index is 0.0862. The van der Waals surface area contributed by atoms with Crippen molar-refractivity contribution < 1.29 is 18.9 Å². The van der Waals surface area contributed by atoms with Crippen molar-refractivity contribution in [2.24, 2.45) is 0 Å². The predicted octanol–water partition coefficient (Wildman–Crippen LogP) is -0.574. The van der Waals surface area contributed by atoms with E-state index in [0.29, 0.717) is 17.1 Å². The number of hydrogen-bond acceptors (Lipinski definition) is 4. The molecule has 6 nitrogen and oxygen atoms in total. The van der Waals surface area contributed by atoms with Crippen LogP contribution in [0.25, 0.3) is 0 Å². The molecule has 0 aromatic rings. The molecule has 0 radical (unpaired) electrons. The van der Waals surface area contributed by atoms with Gasteiger partial charge in [-0.15, -0.1) is 0 Å². The van der Waals surface area contributed by atoms with Crippen LogP contribution in [0.2, 0.25) is 0 Å². The monoisotopic (exact) mass is 292 g/mol. The van der Waals surface area contributed by atoms with Crippen LogP contribution in [-0.2, 0) is 14.4 Å². The summed E-state index contributed by atoms with van der Waals surface area (Å²) in [6.07, 6.45) is 5.33. The Morgan fingerprint density at radius 2 is 2.10 bits per heavy atom. The van der Waals surface area contributed by atoms with Crippen LogP contribution < -0.4 is 5.32 Å². The molecule has 0 bridgehead atoms. The molecular weight excluding hydrogens is 270 g/mol. The minimum Gasteiger partial charge on any atom is -0.325 e. The lowest BCUT2D eigenvalue weighted by Gasteiger charge is -2.35. The van der Waals surface area contributed by atoms with Crippen molar-refractivity contribution in [2.45, 2.75) is 56.3 Å². The zero-order chi connectivity index (χ0) is 14.6. The second kappa shape index (κ2) is 4.61. The van der Waals surface area contributed by atoms with E-state index in [-0.39, 0.29) is 29.9 Å². The zero-order valence-corrected chi connectivity index (χ0v) is 12.2. The van der Waals surface area contributed by atoms with Crippen molar-refractivity contribution in [3.8, 4) is 0 Å². The molecule has 0 unspecified atom stereocenters. The van der Waals surface area contributed by atoms with E-state index in [2.05, 4.69) is 5.32 Å². The van der Waals surface area contributed by atoms with Crippen LogP contribution in [0.1, 0.15) is 32.1 Å². The SMILES string of the molecule is O=C[C@@H]1C[C@@H]2C[N@@+]21C(=O)[C@@H]1CCCN1C(=O)[C@@H]1CCCN1. The summed E-state index contributed by atoms with van der Waals surface area (Å²) in [7, 11) is 0. The maximum Gasteiger partial charge on any atom is 0.337 e. The molecule has 2 amide bonds. The predicted molar refractivity (Wildman–Crippen MR) is 74.2 cm³/mol. The summed E-state index contributed by atoms with van der Waals surface area (Å²) >= 11 is 0. The van der Waals surface area contributed by atoms with E-state index in [0.717, 1.165) is 51.5 Å². The first-order valence-corrected chi connectivity index (χ1v) is 8.09. The first-order valence-electron chi connectivity index (χ1n) is 8.09. The van der Waals surface area contributed by atoms with Gasteiger partial charge in [0.05, 0.1) is 12.5 Å². The highest BCUT2D eigenvalue weighted by Gasteiger charge is 2.76. The first-order chi connectivity index (χ1) is 10.2. The Morgan fingerprint density at radius 1 is 1.24 bits per heavy atom. The fraction of sp³-hybridized carbons (Fsp3) is 0.800. The molecule has 21 heavy (non-hydrogen) atoms. The molecule has 0 saturated carbocycles. The lowest BCUT2D eigenvalue weighted by molar-refractivity contribution is -0.790. The molecule has 0 aliphatic carbocycles. The smallest absolute Gasteiger partial charge is 0.325 e. The molecule has 4 fully saturated rings. The Kier molecular flexibility index (Phi) is 2.94. The van der Waals surface area contributed by atoms with Crippen LogP contribution >= 0.6 is 0 Å². The standard InChI is InChI=1S/C15H22N3O3/c19-9-11-7-10-8-18(10,11)15(21)13-4-2-6-17(13)14(20)12-3-1-5-16-12/h9-13,16H,1-8H2/q+1/t10-,11+,12+,13+,18-/m1/s1. The highest BCUT2D eigenvalue weighted by molar-refractivity contribution is 5.89. The molecule has 5 atom stereocenters. The Labute approximate surface area is 124 Å². The number of fused-ring (bicyclic) bond motifs is 1. The number of carbonyl (C=O) groups excluding carboxylic acids is 3. The van der Waals surface area contributed by atoms with Crippen LogP contribution in [0.15, 0.2) is 0 Å². The Hall–Kier alpha value is -1.27. The molecule has 4 heterocycles. The third-order valence-electron chi connectivity index (χ3n) is 5.88. The average molecular weight is 292 g/mol. The van der Waals surface area contributed by atoms with E-state index in [9.17, 15) is 14.4 Å². The number of nitrogens with one attached hydrogen (secondary N) is 1. The summed E-state index contributed by atoms with van der Waals surface area (Å²) in [6, 6.07) is -0.200. The van der Waals surface area contributed by atoms with Crippen molar-refractivity contribution in [3.05, 3.63) is 0 Å². The van der Waals surface area contributed by atoms with Crippen molar-refractivity contribution in [1.82, 2.24) is 10.2 Å². The van der Waals surface area contributed by atoms with E-state index >= 15 is 0 Å². The van der Waals surface area contributed by atoms with Crippen molar-refractivity contribution in [3.63, 3.8) is 0 Å². The molecule has 4 saturated heterocycles.